The van der Waals surface area contributed by atoms with Crippen molar-refractivity contribution in [3.63, 3.8) is 0 Å². The van der Waals surface area contributed by atoms with Crippen LogP contribution < -0.4 is 4.90 Å². The average molecular weight is 374 g/mol. The molecule has 0 spiro atoms. The van der Waals surface area contributed by atoms with Crippen molar-refractivity contribution in [1.82, 2.24) is 4.90 Å². The molecule has 0 aliphatic carbocycles. The van der Waals surface area contributed by atoms with Crippen LogP contribution in [0.15, 0.2) is 24.3 Å². The lowest BCUT2D eigenvalue weighted by atomic mass is 10.0. The molecule has 2 heterocycles. The van der Waals surface area contributed by atoms with E-state index in [1.165, 1.54) is 5.56 Å². The number of hydrogen-bond acceptors (Lipinski definition) is 4. The zero-order valence-corrected chi connectivity index (χ0v) is 15.8. The standard InChI is InChI=1S/C20H26N2O5/c1-13(2)14-3-5-15(6-4-14)22-8-7-17(20(22)26)19(25)21-9-10-27-16(12-21)11-18(23)24/h3-6,13,16-17H,7-12H2,1-2H3,(H,23,24)/t16-,17+/m1/s1. The summed E-state index contributed by atoms with van der Waals surface area (Å²) in [5.41, 5.74) is 2.02. The normalized spacial score (nSPS) is 23.1. The van der Waals surface area contributed by atoms with Gasteiger partial charge in [0, 0.05) is 25.3 Å². The maximum absolute atomic E-state index is 12.8. The molecule has 2 aliphatic rings. The number of amides is 2. The van der Waals surface area contributed by atoms with Gasteiger partial charge in [-0.15, -0.1) is 0 Å². The van der Waals surface area contributed by atoms with Crippen LogP contribution >= 0.6 is 0 Å². The van der Waals surface area contributed by atoms with E-state index in [0.717, 1.165) is 5.69 Å². The summed E-state index contributed by atoms with van der Waals surface area (Å²) in [5.74, 6) is -1.64. The summed E-state index contributed by atoms with van der Waals surface area (Å²) in [7, 11) is 0. The van der Waals surface area contributed by atoms with Crippen molar-refractivity contribution in [1.29, 1.82) is 0 Å². The number of aliphatic carboxylic acids is 1. The van der Waals surface area contributed by atoms with Crippen molar-refractivity contribution in [2.75, 3.05) is 31.1 Å². The monoisotopic (exact) mass is 374 g/mol. The summed E-state index contributed by atoms with van der Waals surface area (Å²) in [6.45, 7) is 5.65. The molecule has 0 unspecified atom stereocenters. The Morgan fingerprint density at radius 2 is 1.93 bits per heavy atom. The van der Waals surface area contributed by atoms with Gasteiger partial charge in [0.25, 0.3) is 0 Å². The fraction of sp³-hybridized carbons (Fsp3) is 0.550. The lowest BCUT2D eigenvalue weighted by Gasteiger charge is -2.33. The highest BCUT2D eigenvalue weighted by atomic mass is 16.5. The Hall–Kier alpha value is -2.41. The topological polar surface area (TPSA) is 87.2 Å². The maximum Gasteiger partial charge on any atom is 0.306 e. The first-order valence-corrected chi connectivity index (χ1v) is 9.40. The summed E-state index contributed by atoms with van der Waals surface area (Å²) < 4.78 is 5.41. The molecular formula is C20H26N2O5. The second kappa shape index (κ2) is 8.08. The van der Waals surface area contributed by atoms with Gasteiger partial charge >= 0.3 is 5.97 Å². The predicted octanol–water partition coefficient (Wildman–Crippen LogP) is 1.86. The van der Waals surface area contributed by atoms with E-state index in [1.54, 1.807) is 9.80 Å². The van der Waals surface area contributed by atoms with Crippen molar-refractivity contribution in [2.24, 2.45) is 5.92 Å². The van der Waals surface area contributed by atoms with Crippen molar-refractivity contribution in [3.8, 4) is 0 Å². The molecule has 2 saturated heterocycles. The number of morpholine rings is 1. The van der Waals surface area contributed by atoms with Gasteiger partial charge in [-0.2, -0.15) is 0 Å². The molecule has 146 valence electrons. The Morgan fingerprint density at radius 3 is 2.56 bits per heavy atom. The second-order valence-corrected chi connectivity index (χ2v) is 7.45. The summed E-state index contributed by atoms with van der Waals surface area (Å²) in [6.07, 6.45) is -0.183. The fourth-order valence-corrected chi connectivity index (χ4v) is 3.66. The van der Waals surface area contributed by atoms with Crippen molar-refractivity contribution in [2.45, 2.75) is 38.7 Å². The van der Waals surface area contributed by atoms with Crippen LogP contribution in [0.5, 0.6) is 0 Å². The number of carboxylic acids is 1. The van der Waals surface area contributed by atoms with E-state index in [4.69, 9.17) is 9.84 Å². The van der Waals surface area contributed by atoms with Crippen LogP contribution in [0.4, 0.5) is 5.69 Å². The van der Waals surface area contributed by atoms with Crippen LogP contribution in [0.2, 0.25) is 0 Å². The van der Waals surface area contributed by atoms with E-state index in [9.17, 15) is 14.4 Å². The smallest absolute Gasteiger partial charge is 0.306 e. The van der Waals surface area contributed by atoms with Gasteiger partial charge in [0.1, 0.15) is 5.92 Å². The number of benzene rings is 1. The Bertz CT molecular complexity index is 716. The summed E-state index contributed by atoms with van der Waals surface area (Å²) >= 11 is 0. The number of ether oxygens (including phenoxy) is 1. The van der Waals surface area contributed by atoms with Crippen LogP contribution in [-0.4, -0.2) is 60.1 Å². The summed E-state index contributed by atoms with van der Waals surface area (Å²) in [4.78, 5) is 39.8. The molecule has 7 heteroatoms. The third-order valence-corrected chi connectivity index (χ3v) is 5.23. The predicted molar refractivity (Wildman–Crippen MR) is 99.6 cm³/mol. The van der Waals surface area contributed by atoms with Gasteiger partial charge in [-0.1, -0.05) is 26.0 Å². The SMILES string of the molecule is CC(C)c1ccc(N2CC[C@@H](C(=O)N3CCO[C@H](CC(=O)O)C3)C2=O)cc1. The number of rotatable bonds is 5. The molecule has 2 fully saturated rings. The van der Waals surface area contributed by atoms with Gasteiger partial charge < -0.3 is 19.6 Å². The Morgan fingerprint density at radius 1 is 1.22 bits per heavy atom. The molecule has 1 N–H and O–H groups in total. The van der Waals surface area contributed by atoms with Crippen LogP contribution in [0.3, 0.4) is 0 Å². The molecule has 0 aromatic heterocycles. The largest absolute Gasteiger partial charge is 0.481 e. The lowest BCUT2D eigenvalue weighted by Crippen LogP contribution is -2.49. The maximum atomic E-state index is 12.8. The highest BCUT2D eigenvalue weighted by molar-refractivity contribution is 6.09. The van der Waals surface area contributed by atoms with E-state index < -0.39 is 18.0 Å². The first-order chi connectivity index (χ1) is 12.9. The average Bonchev–Trinajstić information content (AvgIpc) is 3.02. The Kier molecular flexibility index (Phi) is 5.79. The van der Waals surface area contributed by atoms with Gasteiger partial charge in [0.2, 0.25) is 11.8 Å². The highest BCUT2D eigenvalue weighted by Gasteiger charge is 2.41. The summed E-state index contributed by atoms with van der Waals surface area (Å²) in [5, 5.41) is 8.91. The minimum absolute atomic E-state index is 0.142. The number of nitrogens with zero attached hydrogens (tertiary/aromatic N) is 2. The van der Waals surface area contributed by atoms with Crippen molar-refractivity contribution >= 4 is 23.5 Å². The van der Waals surface area contributed by atoms with Crippen LogP contribution in [0.25, 0.3) is 0 Å². The molecular weight excluding hydrogens is 348 g/mol. The molecule has 1 aromatic rings. The number of hydrogen-bond donors (Lipinski definition) is 1. The molecule has 0 saturated carbocycles. The molecule has 27 heavy (non-hydrogen) atoms. The number of carbonyl (C=O) groups is 3. The first kappa shape index (κ1) is 19.4. The van der Waals surface area contributed by atoms with Gasteiger partial charge in [0.15, 0.2) is 0 Å². The van der Waals surface area contributed by atoms with Gasteiger partial charge in [-0.25, -0.2) is 0 Å². The van der Waals surface area contributed by atoms with E-state index in [2.05, 4.69) is 13.8 Å². The van der Waals surface area contributed by atoms with Gasteiger partial charge in [-0.3, -0.25) is 14.4 Å². The van der Waals surface area contributed by atoms with E-state index in [-0.39, 0.29) is 24.8 Å². The number of carboxylic acid groups (broad SMARTS) is 1. The van der Waals surface area contributed by atoms with Crippen LogP contribution in [-0.2, 0) is 19.1 Å². The minimum atomic E-state index is -0.956. The quantitative estimate of drug-likeness (QED) is 0.795. The zero-order valence-electron chi connectivity index (χ0n) is 15.8. The molecule has 7 nitrogen and oxygen atoms in total. The third kappa shape index (κ3) is 4.30. The zero-order chi connectivity index (χ0) is 19.6. The molecule has 2 atom stereocenters. The fourth-order valence-electron chi connectivity index (χ4n) is 3.66. The number of anilines is 1. The van der Waals surface area contributed by atoms with E-state index >= 15 is 0 Å². The van der Waals surface area contributed by atoms with Gasteiger partial charge in [-0.05, 0) is 30.0 Å². The van der Waals surface area contributed by atoms with E-state index in [0.29, 0.717) is 32.0 Å². The van der Waals surface area contributed by atoms with Crippen molar-refractivity contribution < 1.29 is 24.2 Å². The molecule has 0 bridgehead atoms. The van der Waals surface area contributed by atoms with Crippen LogP contribution in [0, 0.1) is 5.92 Å². The molecule has 3 rings (SSSR count). The minimum Gasteiger partial charge on any atom is -0.481 e. The lowest BCUT2D eigenvalue weighted by molar-refractivity contribution is -0.151. The number of carbonyl (C=O) groups excluding carboxylic acids is 2. The second-order valence-electron chi connectivity index (χ2n) is 7.45. The third-order valence-electron chi connectivity index (χ3n) is 5.23. The molecule has 0 radical (unpaired) electrons. The van der Waals surface area contributed by atoms with Crippen molar-refractivity contribution in [3.05, 3.63) is 29.8 Å². The summed E-state index contributed by atoms with van der Waals surface area (Å²) in [6, 6.07) is 7.89. The van der Waals surface area contributed by atoms with Crippen LogP contribution in [0.1, 0.15) is 38.2 Å². The van der Waals surface area contributed by atoms with E-state index in [1.807, 2.05) is 24.3 Å². The Balaban J connectivity index is 1.65. The molecule has 1 aromatic carbocycles. The first-order valence-electron chi connectivity index (χ1n) is 9.40. The molecule has 2 amide bonds. The highest BCUT2D eigenvalue weighted by Crippen LogP contribution is 2.28. The Labute approximate surface area is 158 Å². The van der Waals surface area contributed by atoms with Gasteiger partial charge in [0.05, 0.1) is 19.1 Å². The molecule has 2 aliphatic heterocycles.